The lowest BCUT2D eigenvalue weighted by molar-refractivity contribution is 0.578. The van der Waals surface area contributed by atoms with Crippen molar-refractivity contribution in [1.82, 2.24) is 0 Å². The van der Waals surface area contributed by atoms with Gasteiger partial charge >= 0.3 is 0 Å². The molecule has 96 valence electrons. The summed E-state index contributed by atoms with van der Waals surface area (Å²) < 4.78 is 27.7. The molecular formula is C11H6BrCl2F2NS. The predicted molar refractivity (Wildman–Crippen MR) is 74.4 cm³/mol. The number of benzene rings is 1. The maximum Gasteiger partial charge on any atom is 0.142 e. The summed E-state index contributed by atoms with van der Waals surface area (Å²) in [5, 5.41) is 0.217. The van der Waals surface area contributed by atoms with Gasteiger partial charge in [-0.25, -0.2) is 8.78 Å². The second-order valence-electron chi connectivity index (χ2n) is 3.54. The Morgan fingerprint density at radius 3 is 2.33 bits per heavy atom. The monoisotopic (exact) mass is 371 g/mol. The van der Waals surface area contributed by atoms with E-state index in [-0.39, 0.29) is 10.6 Å². The first-order valence-electron chi connectivity index (χ1n) is 4.75. The Morgan fingerprint density at radius 2 is 1.78 bits per heavy atom. The van der Waals surface area contributed by atoms with Crippen LogP contribution in [-0.2, 0) is 0 Å². The van der Waals surface area contributed by atoms with Gasteiger partial charge in [0.05, 0.1) is 19.9 Å². The molecule has 0 saturated heterocycles. The van der Waals surface area contributed by atoms with Crippen LogP contribution < -0.4 is 5.73 Å². The van der Waals surface area contributed by atoms with Crippen LogP contribution in [0.25, 0.3) is 0 Å². The molecule has 1 aromatic carbocycles. The van der Waals surface area contributed by atoms with Gasteiger partial charge in [0.2, 0.25) is 0 Å². The topological polar surface area (TPSA) is 26.0 Å². The lowest BCUT2D eigenvalue weighted by Crippen LogP contribution is -2.12. The minimum absolute atomic E-state index is 0.0438. The second-order valence-corrected chi connectivity index (χ2v) is 6.75. The summed E-state index contributed by atoms with van der Waals surface area (Å²) in [7, 11) is 0. The molecule has 1 aromatic heterocycles. The van der Waals surface area contributed by atoms with Crippen LogP contribution in [0, 0.1) is 11.6 Å². The molecule has 2 rings (SSSR count). The SMILES string of the molecule is NC(c1cc(Cl)c(Br)s1)c1cc(F)c(Cl)cc1F. The highest BCUT2D eigenvalue weighted by atomic mass is 79.9. The van der Waals surface area contributed by atoms with Gasteiger partial charge in [0.1, 0.15) is 11.6 Å². The molecule has 2 N–H and O–H groups in total. The Bertz CT molecular complexity index is 583. The molecule has 1 nitrogen and oxygen atoms in total. The average Bonchev–Trinajstić information content (AvgIpc) is 2.63. The smallest absolute Gasteiger partial charge is 0.142 e. The molecule has 7 heteroatoms. The van der Waals surface area contributed by atoms with Gasteiger partial charge < -0.3 is 5.73 Å². The molecule has 0 saturated carbocycles. The average molecular weight is 373 g/mol. The number of thiophene rings is 1. The third kappa shape index (κ3) is 2.70. The first kappa shape index (κ1) is 14.2. The molecule has 0 bridgehead atoms. The van der Waals surface area contributed by atoms with Gasteiger partial charge in [0.25, 0.3) is 0 Å². The van der Waals surface area contributed by atoms with Crippen LogP contribution in [-0.4, -0.2) is 0 Å². The van der Waals surface area contributed by atoms with E-state index in [1.54, 1.807) is 6.07 Å². The van der Waals surface area contributed by atoms with Crippen molar-refractivity contribution in [2.45, 2.75) is 6.04 Å². The van der Waals surface area contributed by atoms with Crippen LogP contribution in [0.1, 0.15) is 16.5 Å². The Hall–Kier alpha value is -0.200. The third-order valence-corrected chi connectivity index (χ3v) is 5.19. The molecule has 0 spiro atoms. The molecule has 0 aliphatic heterocycles. The molecule has 0 aliphatic rings. The fourth-order valence-corrected chi connectivity index (χ4v) is 3.36. The summed E-state index contributed by atoms with van der Waals surface area (Å²) in [6.45, 7) is 0. The maximum absolute atomic E-state index is 13.7. The first-order valence-corrected chi connectivity index (χ1v) is 7.11. The van der Waals surface area contributed by atoms with Crippen molar-refractivity contribution in [3.8, 4) is 0 Å². The molecule has 0 fully saturated rings. The quantitative estimate of drug-likeness (QED) is 0.725. The molecule has 0 amide bonds. The van der Waals surface area contributed by atoms with Crippen LogP contribution >= 0.6 is 50.5 Å². The van der Waals surface area contributed by atoms with Gasteiger partial charge in [-0.1, -0.05) is 23.2 Å². The Labute approximate surface area is 125 Å². The van der Waals surface area contributed by atoms with E-state index in [2.05, 4.69) is 15.9 Å². The van der Waals surface area contributed by atoms with Crippen molar-refractivity contribution in [2.24, 2.45) is 5.73 Å². The molecule has 18 heavy (non-hydrogen) atoms. The largest absolute Gasteiger partial charge is 0.320 e. The highest BCUT2D eigenvalue weighted by Gasteiger charge is 2.19. The van der Waals surface area contributed by atoms with Crippen LogP contribution in [0.5, 0.6) is 0 Å². The highest BCUT2D eigenvalue weighted by Crippen LogP contribution is 2.37. The molecule has 1 unspecified atom stereocenters. The van der Waals surface area contributed by atoms with Gasteiger partial charge in [0.15, 0.2) is 0 Å². The Kier molecular flexibility index (Phi) is 4.29. The summed E-state index contributed by atoms with van der Waals surface area (Å²) >= 11 is 15.9. The van der Waals surface area contributed by atoms with E-state index in [1.165, 1.54) is 11.3 Å². The molecular weight excluding hydrogens is 367 g/mol. The fourth-order valence-electron chi connectivity index (χ4n) is 1.45. The number of halogens is 5. The molecule has 1 heterocycles. The van der Waals surface area contributed by atoms with Gasteiger partial charge in [-0.05, 0) is 34.1 Å². The molecule has 1 atom stereocenters. The lowest BCUT2D eigenvalue weighted by atomic mass is 10.1. The third-order valence-electron chi connectivity index (χ3n) is 2.35. The second kappa shape index (κ2) is 5.43. The number of nitrogens with two attached hydrogens (primary N) is 1. The number of hydrogen-bond acceptors (Lipinski definition) is 2. The van der Waals surface area contributed by atoms with Crippen LogP contribution in [0.15, 0.2) is 22.0 Å². The van der Waals surface area contributed by atoms with E-state index in [0.717, 1.165) is 12.1 Å². The Morgan fingerprint density at radius 1 is 1.11 bits per heavy atom. The number of hydrogen-bond donors (Lipinski definition) is 1. The first-order chi connectivity index (χ1) is 8.40. The van der Waals surface area contributed by atoms with Crippen LogP contribution in [0.3, 0.4) is 0 Å². The molecule has 0 aliphatic carbocycles. The minimum Gasteiger partial charge on any atom is -0.320 e. The van der Waals surface area contributed by atoms with Gasteiger partial charge in [-0.3, -0.25) is 0 Å². The van der Waals surface area contributed by atoms with E-state index < -0.39 is 17.7 Å². The zero-order chi connectivity index (χ0) is 13.4. The molecule has 2 aromatic rings. The fraction of sp³-hybridized carbons (Fsp3) is 0.0909. The van der Waals surface area contributed by atoms with E-state index in [4.69, 9.17) is 28.9 Å². The summed E-state index contributed by atoms with van der Waals surface area (Å²) in [4.78, 5) is 0.632. The van der Waals surface area contributed by atoms with E-state index in [1.807, 2.05) is 0 Å². The van der Waals surface area contributed by atoms with E-state index in [0.29, 0.717) is 13.7 Å². The van der Waals surface area contributed by atoms with Gasteiger partial charge in [0, 0.05) is 10.4 Å². The standard InChI is InChI=1S/C11H6BrCl2F2NS/c12-11-6(14)3-9(18-11)10(17)4-1-8(16)5(13)2-7(4)15/h1-3,10H,17H2. The van der Waals surface area contributed by atoms with Crippen molar-refractivity contribution in [3.63, 3.8) is 0 Å². The minimum atomic E-state index is -0.787. The summed E-state index contributed by atoms with van der Waals surface area (Å²) in [5.41, 5.74) is 5.94. The molecule has 0 radical (unpaired) electrons. The normalized spacial score (nSPS) is 12.8. The summed E-state index contributed by atoms with van der Waals surface area (Å²) in [5.74, 6) is -1.35. The van der Waals surface area contributed by atoms with Crippen LogP contribution in [0.2, 0.25) is 10.0 Å². The summed E-state index contributed by atoms with van der Waals surface area (Å²) in [6, 6.07) is 2.75. The van der Waals surface area contributed by atoms with Crippen LogP contribution in [0.4, 0.5) is 8.78 Å². The Balaban J connectivity index is 2.45. The van der Waals surface area contributed by atoms with Crippen molar-refractivity contribution >= 4 is 50.5 Å². The van der Waals surface area contributed by atoms with Crippen molar-refractivity contribution in [3.05, 3.63) is 54.1 Å². The van der Waals surface area contributed by atoms with E-state index >= 15 is 0 Å². The van der Waals surface area contributed by atoms with Crippen molar-refractivity contribution in [2.75, 3.05) is 0 Å². The zero-order valence-electron chi connectivity index (χ0n) is 8.68. The summed E-state index contributed by atoms with van der Waals surface area (Å²) in [6.07, 6.45) is 0. The predicted octanol–water partition coefficient (Wildman–Crippen LogP) is 5.14. The maximum atomic E-state index is 13.7. The van der Waals surface area contributed by atoms with E-state index in [9.17, 15) is 8.78 Å². The van der Waals surface area contributed by atoms with Gasteiger partial charge in [-0.2, -0.15) is 0 Å². The van der Waals surface area contributed by atoms with Gasteiger partial charge in [-0.15, -0.1) is 11.3 Å². The van der Waals surface area contributed by atoms with Crippen molar-refractivity contribution < 1.29 is 8.78 Å². The highest BCUT2D eigenvalue weighted by molar-refractivity contribution is 9.11. The lowest BCUT2D eigenvalue weighted by Gasteiger charge is -2.11. The zero-order valence-corrected chi connectivity index (χ0v) is 12.6. The van der Waals surface area contributed by atoms with Crippen molar-refractivity contribution in [1.29, 1.82) is 0 Å². The number of rotatable bonds is 2.